The molecule has 0 aliphatic carbocycles. The van der Waals surface area contributed by atoms with Gasteiger partial charge in [-0.25, -0.2) is 4.98 Å². The Labute approximate surface area is 172 Å². The maximum Gasteiger partial charge on any atom is 0.224 e. The standard InChI is InChI=1S/C22H42N4S/c1-3-4-5-6-7-8-9-10-11-12-13-14-15-16-17-18-19-23-21-24-20(2)25-22(27)26-21/h3-19H2,1-2H3,(H2,23,24,25,26,27). The number of nitrogens with one attached hydrogen (secondary N) is 2. The molecular weight excluding hydrogens is 352 g/mol. The quantitative estimate of drug-likeness (QED) is 0.200. The summed E-state index contributed by atoms with van der Waals surface area (Å²) in [6.45, 7) is 5.13. The van der Waals surface area contributed by atoms with Crippen LogP contribution in [0.15, 0.2) is 0 Å². The van der Waals surface area contributed by atoms with Crippen molar-refractivity contribution in [1.29, 1.82) is 0 Å². The van der Waals surface area contributed by atoms with Gasteiger partial charge < -0.3 is 10.3 Å². The smallest absolute Gasteiger partial charge is 0.224 e. The van der Waals surface area contributed by atoms with Gasteiger partial charge in [0.1, 0.15) is 5.82 Å². The number of anilines is 1. The highest BCUT2D eigenvalue weighted by molar-refractivity contribution is 7.71. The SMILES string of the molecule is CCCCCCCCCCCCCCCCCCNc1nc(=S)nc(C)[nH]1. The van der Waals surface area contributed by atoms with Crippen molar-refractivity contribution in [1.82, 2.24) is 15.0 Å². The topological polar surface area (TPSA) is 53.6 Å². The van der Waals surface area contributed by atoms with Crippen molar-refractivity contribution in [3.05, 3.63) is 10.6 Å². The molecule has 0 radical (unpaired) electrons. The fourth-order valence-electron chi connectivity index (χ4n) is 3.45. The fourth-order valence-corrected chi connectivity index (χ4v) is 3.68. The molecule has 0 saturated heterocycles. The van der Waals surface area contributed by atoms with Crippen LogP contribution in [-0.4, -0.2) is 21.5 Å². The Kier molecular flexibility index (Phi) is 15.3. The lowest BCUT2D eigenvalue weighted by molar-refractivity contribution is 0.530. The summed E-state index contributed by atoms with van der Waals surface area (Å²) in [5, 5.41) is 3.30. The highest BCUT2D eigenvalue weighted by atomic mass is 32.1. The summed E-state index contributed by atoms with van der Waals surface area (Å²) in [4.78, 5) is 11.4. The van der Waals surface area contributed by atoms with Crippen LogP contribution in [0.3, 0.4) is 0 Å². The monoisotopic (exact) mass is 394 g/mol. The molecule has 1 aromatic rings. The van der Waals surface area contributed by atoms with Crippen LogP contribution in [-0.2, 0) is 0 Å². The second kappa shape index (κ2) is 17.2. The van der Waals surface area contributed by atoms with Gasteiger partial charge in [0.15, 0.2) is 0 Å². The van der Waals surface area contributed by atoms with Crippen LogP contribution in [0.1, 0.15) is 115 Å². The fraction of sp³-hybridized carbons (Fsp3) is 0.864. The molecule has 0 atom stereocenters. The first-order chi connectivity index (χ1) is 13.2. The summed E-state index contributed by atoms with van der Waals surface area (Å²) in [5.74, 6) is 1.55. The predicted octanol–water partition coefficient (Wildman–Crippen LogP) is 7.52. The number of aryl methyl sites for hydroxylation is 1. The molecule has 1 heterocycles. The molecule has 0 bridgehead atoms. The summed E-state index contributed by atoms with van der Waals surface area (Å²) in [6, 6.07) is 0. The molecule has 0 spiro atoms. The van der Waals surface area contributed by atoms with Crippen molar-refractivity contribution >= 4 is 18.2 Å². The van der Waals surface area contributed by atoms with E-state index in [4.69, 9.17) is 12.2 Å². The number of hydrogen-bond acceptors (Lipinski definition) is 4. The van der Waals surface area contributed by atoms with Gasteiger partial charge in [0, 0.05) is 6.54 Å². The van der Waals surface area contributed by atoms with Crippen molar-refractivity contribution in [2.45, 2.75) is 117 Å². The minimum atomic E-state index is 0.403. The van der Waals surface area contributed by atoms with E-state index in [0.29, 0.717) is 4.77 Å². The molecule has 27 heavy (non-hydrogen) atoms. The summed E-state index contributed by atoms with van der Waals surface area (Å²) >= 11 is 5.02. The molecule has 0 aromatic carbocycles. The third-order valence-corrected chi connectivity index (χ3v) is 5.28. The molecule has 0 aliphatic heterocycles. The van der Waals surface area contributed by atoms with E-state index in [1.807, 2.05) is 6.92 Å². The molecule has 5 heteroatoms. The molecule has 1 aromatic heterocycles. The maximum absolute atomic E-state index is 5.02. The molecule has 0 unspecified atom stereocenters. The summed E-state index contributed by atoms with van der Waals surface area (Å²) in [6.07, 6.45) is 22.4. The number of H-pyrrole nitrogens is 1. The number of hydrogen-bond donors (Lipinski definition) is 2. The lowest BCUT2D eigenvalue weighted by Gasteiger charge is -2.06. The van der Waals surface area contributed by atoms with E-state index >= 15 is 0 Å². The third kappa shape index (κ3) is 14.7. The van der Waals surface area contributed by atoms with Gasteiger partial charge >= 0.3 is 0 Å². The molecule has 0 aliphatic rings. The molecule has 0 amide bonds. The van der Waals surface area contributed by atoms with E-state index in [-0.39, 0.29) is 0 Å². The minimum absolute atomic E-state index is 0.403. The molecule has 0 fully saturated rings. The maximum atomic E-state index is 5.02. The normalized spacial score (nSPS) is 11.0. The molecule has 156 valence electrons. The number of aromatic nitrogens is 3. The van der Waals surface area contributed by atoms with Gasteiger partial charge in [-0.15, -0.1) is 0 Å². The van der Waals surface area contributed by atoms with E-state index in [1.54, 1.807) is 0 Å². The second-order valence-electron chi connectivity index (χ2n) is 7.80. The summed E-state index contributed by atoms with van der Waals surface area (Å²) < 4.78 is 0.403. The largest absolute Gasteiger partial charge is 0.356 e. The zero-order valence-electron chi connectivity index (χ0n) is 17.8. The molecule has 0 saturated carbocycles. The van der Waals surface area contributed by atoms with Crippen LogP contribution in [0.5, 0.6) is 0 Å². The first-order valence-electron chi connectivity index (χ1n) is 11.4. The lowest BCUT2D eigenvalue weighted by Crippen LogP contribution is -2.07. The Bertz CT molecular complexity index is 515. The Balaban J connectivity index is 1.78. The van der Waals surface area contributed by atoms with Crippen molar-refractivity contribution < 1.29 is 0 Å². The molecule has 1 rings (SSSR count). The van der Waals surface area contributed by atoms with Crippen molar-refractivity contribution in [2.75, 3.05) is 11.9 Å². The number of aromatic amines is 1. The zero-order chi connectivity index (χ0) is 19.6. The van der Waals surface area contributed by atoms with E-state index in [0.717, 1.165) is 18.3 Å². The van der Waals surface area contributed by atoms with E-state index in [1.165, 1.54) is 103 Å². The van der Waals surface area contributed by atoms with Crippen LogP contribution < -0.4 is 5.32 Å². The highest BCUT2D eigenvalue weighted by Gasteiger charge is 1.97. The third-order valence-electron chi connectivity index (χ3n) is 5.09. The van der Waals surface area contributed by atoms with Crippen LogP contribution in [0.2, 0.25) is 0 Å². The van der Waals surface area contributed by atoms with Gasteiger partial charge in [-0.05, 0) is 25.6 Å². The molecular formula is C22H42N4S. The Hall–Kier alpha value is -0.970. The van der Waals surface area contributed by atoms with Crippen LogP contribution in [0.4, 0.5) is 5.95 Å². The van der Waals surface area contributed by atoms with Crippen LogP contribution >= 0.6 is 12.2 Å². The van der Waals surface area contributed by atoms with Crippen molar-refractivity contribution in [3.8, 4) is 0 Å². The van der Waals surface area contributed by atoms with E-state index < -0.39 is 0 Å². The predicted molar refractivity (Wildman–Crippen MR) is 120 cm³/mol. The molecule has 2 N–H and O–H groups in total. The van der Waals surface area contributed by atoms with Crippen LogP contribution in [0, 0.1) is 11.7 Å². The van der Waals surface area contributed by atoms with Gasteiger partial charge in [0.25, 0.3) is 0 Å². The summed E-state index contributed by atoms with van der Waals surface area (Å²) in [7, 11) is 0. The summed E-state index contributed by atoms with van der Waals surface area (Å²) in [5.41, 5.74) is 0. The average Bonchev–Trinajstić information content (AvgIpc) is 2.63. The van der Waals surface area contributed by atoms with Gasteiger partial charge in [-0.1, -0.05) is 103 Å². The van der Waals surface area contributed by atoms with Crippen molar-refractivity contribution in [3.63, 3.8) is 0 Å². The number of rotatable bonds is 18. The van der Waals surface area contributed by atoms with E-state index in [9.17, 15) is 0 Å². The molecule has 4 nitrogen and oxygen atoms in total. The van der Waals surface area contributed by atoms with Gasteiger partial charge in [0.05, 0.1) is 0 Å². The van der Waals surface area contributed by atoms with E-state index in [2.05, 4.69) is 27.2 Å². The number of unbranched alkanes of at least 4 members (excludes halogenated alkanes) is 15. The van der Waals surface area contributed by atoms with Gasteiger partial charge in [-0.3, -0.25) is 0 Å². The first-order valence-corrected chi connectivity index (χ1v) is 11.8. The lowest BCUT2D eigenvalue weighted by atomic mass is 10.0. The van der Waals surface area contributed by atoms with Gasteiger partial charge in [0.2, 0.25) is 10.7 Å². The number of nitrogens with zero attached hydrogens (tertiary/aromatic N) is 2. The van der Waals surface area contributed by atoms with Gasteiger partial charge in [-0.2, -0.15) is 4.98 Å². The Morgan fingerprint density at radius 1 is 0.704 bits per heavy atom. The Morgan fingerprint density at radius 2 is 1.15 bits per heavy atom. The zero-order valence-corrected chi connectivity index (χ0v) is 18.6. The highest BCUT2D eigenvalue weighted by Crippen LogP contribution is 2.13. The Morgan fingerprint density at radius 3 is 1.59 bits per heavy atom. The first kappa shape index (κ1) is 24.1. The van der Waals surface area contributed by atoms with Crippen LogP contribution in [0.25, 0.3) is 0 Å². The second-order valence-corrected chi connectivity index (χ2v) is 8.16. The average molecular weight is 395 g/mol. The minimum Gasteiger partial charge on any atom is -0.356 e. The van der Waals surface area contributed by atoms with Crippen molar-refractivity contribution in [2.24, 2.45) is 0 Å².